The summed E-state index contributed by atoms with van der Waals surface area (Å²) in [7, 11) is 0. The van der Waals surface area contributed by atoms with Gasteiger partial charge in [0.1, 0.15) is 17.5 Å². The third kappa shape index (κ3) is 3.18. The summed E-state index contributed by atoms with van der Waals surface area (Å²) in [5.41, 5.74) is 3.04. The molecule has 0 spiro atoms. The van der Waals surface area contributed by atoms with Gasteiger partial charge in [0.05, 0.1) is 10.0 Å². The summed E-state index contributed by atoms with van der Waals surface area (Å²) < 4.78 is 13.4. The van der Waals surface area contributed by atoms with Gasteiger partial charge in [0, 0.05) is 17.7 Å². The number of hydrazine groups is 1. The largest absolute Gasteiger partial charge is 0.340 e. The van der Waals surface area contributed by atoms with E-state index in [-0.39, 0.29) is 10.0 Å². The monoisotopic (exact) mass is 327 g/mol. The van der Waals surface area contributed by atoms with Gasteiger partial charge in [-0.1, -0.05) is 23.2 Å². The summed E-state index contributed by atoms with van der Waals surface area (Å²) in [4.78, 5) is 8.73. The molecule has 1 saturated carbocycles. The van der Waals surface area contributed by atoms with E-state index in [1.165, 1.54) is 12.1 Å². The molecule has 21 heavy (non-hydrogen) atoms. The van der Waals surface area contributed by atoms with E-state index in [2.05, 4.69) is 20.7 Å². The Morgan fingerprint density at radius 2 is 1.71 bits per heavy atom. The van der Waals surface area contributed by atoms with Crippen molar-refractivity contribution < 1.29 is 4.39 Å². The van der Waals surface area contributed by atoms with Gasteiger partial charge < -0.3 is 10.7 Å². The molecule has 0 amide bonds. The van der Waals surface area contributed by atoms with Crippen LogP contribution in [-0.2, 0) is 0 Å². The van der Waals surface area contributed by atoms with Crippen molar-refractivity contribution in [1.29, 1.82) is 0 Å². The predicted octanol–water partition coefficient (Wildman–Crippen LogP) is 3.83. The molecule has 2 aromatic rings. The van der Waals surface area contributed by atoms with Gasteiger partial charge in [-0.25, -0.2) is 20.2 Å². The standard InChI is InChI=1S/C13H12Cl2FN5/c14-8-3-7(4-9(15)12(8)16)18-10-5-11(21-17)20-13(19-10)6-1-2-6/h3-6H,1-2,17H2,(H2,18,19,20,21). The zero-order valence-electron chi connectivity index (χ0n) is 10.8. The molecule has 0 radical (unpaired) electrons. The Morgan fingerprint density at radius 1 is 1.10 bits per heavy atom. The zero-order valence-corrected chi connectivity index (χ0v) is 12.3. The van der Waals surface area contributed by atoms with Crippen molar-refractivity contribution in [3.05, 3.63) is 39.9 Å². The smallest absolute Gasteiger partial charge is 0.160 e. The van der Waals surface area contributed by atoms with Crippen molar-refractivity contribution in [3.63, 3.8) is 0 Å². The number of anilines is 3. The van der Waals surface area contributed by atoms with Crippen LogP contribution in [0.2, 0.25) is 10.0 Å². The van der Waals surface area contributed by atoms with Gasteiger partial charge in [-0.05, 0) is 25.0 Å². The van der Waals surface area contributed by atoms with Crippen molar-refractivity contribution in [2.24, 2.45) is 5.84 Å². The Hall–Kier alpha value is -1.63. The van der Waals surface area contributed by atoms with E-state index in [0.717, 1.165) is 18.7 Å². The molecule has 0 aliphatic heterocycles. The number of halogens is 3. The SMILES string of the molecule is NNc1cc(Nc2cc(Cl)c(F)c(Cl)c2)nc(C2CC2)n1. The fraction of sp³-hybridized carbons (Fsp3) is 0.231. The number of nitrogens with two attached hydrogens (primary N) is 1. The van der Waals surface area contributed by atoms with Crippen LogP contribution in [0.15, 0.2) is 18.2 Å². The molecule has 3 rings (SSSR count). The van der Waals surface area contributed by atoms with Crippen molar-refractivity contribution in [2.45, 2.75) is 18.8 Å². The van der Waals surface area contributed by atoms with Crippen LogP contribution in [-0.4, -0.2) is 9.97 Å². The Balaban J connectivity index is 1.92. The van der Waals surface area contributed by atoms with Crippen LogP contribution in [0, 0.1) is 5.82 Å². The van der Waals surface area contributed by atoms with E-state index in [0.29, 0.717) is 23.2 Å². The summed E-state index contributed by atoms with van der Waals surface area (Å²) in [5.74, 6) is 6.92. The van der Waals surface area contributed by atoms with Crippen LogP contribution in [0.25, 0.3) is 0 Å². The predicted molar refractivity (Wildman–Crippen MR) is 81.5 cm³/mol. The fourth-order valence-electron chi connectivity index (χ4n) is 1.90. The molecule has 4 N–H and O–H groups in total. The van der Waals surface area contributed by atoms with Crippen LogP contribution in [0.1, 0.15) is 24.6 Å². The second-order valence-electron chi connectivity index (χ2n) is 4.79. The molecule has 0 atom stereocenters. The van der Waals surface area contributed by atoms with Gasteiger partial charge in [0.15, 0.2) is 5.82 Å². The highest BCUT2D eigenvalue weighted by Crippen LogP contribution is 2.39. The minimum atomic E-state index is -0.644. The molecular formula is C13H12Cl2FN5. The molecule has 1 aliphatic rings. The molecular weight excluding hydrogens is 316 g/mol. The molecule has 0 unspecified atom stereocenters. The van der Waals surface area contributed by atoms with E-state index in [1.807, 2.05) is 0 Å². The fourth-order valence-corrected chi connectivity index (χ4v) is 2.39. The van der Waals surface area contributed by atoms with Crippen molar-refractivity contribution in [1.82, 2.24) is 9.97 Å². The molecule has 5 nitrogen and oxygen atoms in total. The topological polar surface area (TPSA) is 75.9 Å². The number of hydrogen-bond donors (Lipinski definition) is 3. The van der Waals surface area contributed by atoms with Crippen molar-refractivity contribution in [3.8, 4) is 0 Å². The first kappa shape index (κ1) is 14.3. The highest BCUT2D eigenvalue weighted by Gasteiger charge is 2.27. The highest BCUT2D eigenvalue weighted by molar-refractivity contribution is 6.35. The number of aromatic nitrogens is 2. The average Bonchev–Trinajstić information content (AvgIpc) is 3.29. The second-order valence-corrected chi connectivity index (χ2v) is 5.61. The number of nitrogens with one attached hydrogen (secondary N) is 2. The zero-order chi connectivity index (χ0) is 15.0. The maximum Gasteiger partial charge on any atom is 0.160 e. The molecule has 1 aliphatic carbocycles. The van der Waals surface area contributed by atoms with Crippen LogP contribution in [0.4, 0.5) is 21.7 Å². The number of rotatable bonds is 4. The van der Waals surface area contributed by atoms with Crippen molar-refractivity contribution >= 4 is 40.5 Å². The summed E-state index contributed by atoms with van der Waals surface area (Å²) in [6.07, 6.45) is 2.14. The summed E-state index contributed by atoms with van der Waals surface area (Å²) in [5, 5.41) is 2.91. The van der Waals surface area contributed by atoms with Gasteiger partial charge in [-0.2, -0.15) is 0 Å². The minimum absolute atomic E-state index is 0.0568. The lowest BCUT2D eigenvalue weighted by Gasteiger charge is -2.10. The maximum atomic E-state index is 13.4. The minimum Gasteiger partial charge on any atom is -0.340 e. The Labute approximate surface area is 130 Å². The summed E-state index contributed by atoms with van der Waals surface area (Å²) in [6.45, 7) is 0. The van der Waals surface area contributed by atoms with E-state index in [9.17, 15) is 4.39 Å². The lowest BCUT2D eigenvalue weighted by Crippen LogP contribution is -2.11. The van der Waals surface area contributed by atoms with E-state index in [4.69, 9.17) is 29.0 Å². The third-order valence-corrected chi connectivity index (χ3v) is 3.64. The molecule has 1 heterocycles. The van der Waals surface area contributed by atoms with Crippen LogP contribution in [0.3, 0.4) is 0 Å². The van der Waals surface area contributed by atoms with Crippen LogP contribution < -0.4 is 16.6 Å². The quantitative estimate of drug-likeness (QED) is 0.452. The lowest BCUT2D eigenvalue weighted by atomic mass is 10.3. The Kier molecular flexibility index (Phi) is 3.84. The molecule has 0 bridgehead atoms. The Bertz CT molecular complexity index is 667. The van der Waals surface area contributed by atoms with Crippen LogP contribution in [0.5, 0.6) is 0 Å². The molecule has 1 aromatic carbocycles. The van der Waals surface area contributed by atoms with Gasteiger partial charge >= 0.3 is 0 Å². The summed E-state index contributed by atoms with van der Waals surface area (Å²) in [6, 6.07) is 4.53. The molecule has 0 saturated heterocycles. The first-order chi connectivity index (χ1) is 10.1. The van der Waals surface area contributed by atoms with Crippen LogP contribution >= 0.6 is 23.2 Å². The van der Waals surface area contributed by atoms with E-state index >= 15 is 0 Å². The normalized spacial score (nSPS) is 14.1. The van der Waals surface area contributed by atoms with Gasteiger partial charge in [-0.3, -0.25) is 0 Å². The van der Waals surface area contributed by atoms with Gasteiger partial charge in [0.2, 0.25) is 0 Å². The number of hydrogen-bond acceptors (Lipinski definition) is 5. The Morgan fingerprint density at radius 3 is 2.29 bits per heavy atom. The molecule has 8 heteroatoms. The molecule has 110 valence electrons. The third-order valence-electron chi connectivity index (χ3n) is 3.09. The number of nitrogens with zero attached hydrogens (tertiary/aromatic N) is 2. The first-order valence-corrected chi connectivity index (χ1v) is 7.09. The highest BCUT2D eigenvalue weighted by atomic mass is 35.5. The van der Waals surface area contributed by atoms with Crippen molar-refractivity contribution in [2.75, 3.05) is 10.7 Å². The van der Waals surface area contributed by atoms with E-state index in [1.54, 1.807) is 6.07 Å². The van der Waals surface area contributed by atoms with Gasteiger partial charge in [0.25, 0.3) is 0 Å². The first-order valence-electron chi connectivity index (χ1n) is 6.34. The average molecular weight is 328 g/mol. The molecule has 1 aromatic heterocycles. The van der Waals surface area contributed by atoms with Gasteiger partial charge in [-0.15, -0.1) is 0 Å². The number of nitrogen functional groups attached to an aromatic ring is 1. The molecule has 1 fully saturated rings. The summed E-state index contributed by atoms with van der Waals surface area (Å²) >= 11 is 11.5. The maximum absolute atomic E-state index is 13.4. The number of benzene rings is 1. The van der Waals surface area contributed by atoms with E-state index < -0.39 is 5.82 Å². The second kappa shape index (κ2) is 5.63. The lowest BCUT2D eigenvalue weighted by molar-refractivity contribution is 0.629.